The largest absolute Gasteiger partial charge is 0.374 e. The summed E-state index contributed by atoms with van der Waals surface area (Å²) in [5, 5.41) is 4.04. The minimum Gasteiger partial charge on any atom is -0.374 e. The Labute approximate surface area is 146 Å². The van der Waals surface area contributed by atoms with Crippen molar-refractivity contribution in [3.8, 4) is 0 Å². The second kappa shape index (κ2) is 7.77. The molecule has 6 heteroatoms. The number of ether oxygens (including phenoxy) is 1. The van der Waals surface area contributed by atoms with Gasteiger partial charge in [-0.05, 0) is 19.4 Å². The van der Waals surface area contributed by atoms with Gasteiger partial charge in [-0.2, -0.15) is 0 Å². The zero-order valence-electron chi connectivity index (χ0n) is 14.1. The highest BCUT2D eigenvalue weighted by molar-refractivity contribution is 7.11. The summed E-state index contributed by atoms with van der Waals surface area (Å²) < 4.78 is 5.82. The van der Waals surface area contributed by atoms with Gasteiger partial charge in [0, 0.05) is 24.4 Å². The number of nitrogens with one attached hydrogen (secondary N) is 1. The van der Waals surface area contributed by atoms with Gasteiger partial charge in [0.1, 0.15) is 0 Å². The summed E-state index contributed by atoms with van der Waals surface area (Å²) in [4.78, 5) is 19.8. The summed E-state index contributed by atoms with van der Waals surface area (Å²) >= 11 is 1.64. The summed E-state index contributed by atoms with van der Waals surface area (Å²) in [5.74, 6) is 0. The topological polar surface area (TPSA) is 54.5 Å². The fourth-order valence-electron chi connectivity index (χ4n) is 2.91. The molecular formula is C18H23N3O2S. The predicted molar refractivity (Wildman–Crippen MR) is 95.3 cm³/mol. The molecule has 2 aromatic rings. The number of morpholine rings is 1. The SMILES string of the molecule is Cc1nc(C)c(CNC(=O)N2CCO[C@@H](Cc3ccccc3)C2)s1. The fourth-order valence-corrected chi connectivity index (χ4v) is 3.79. The molecule has 0 radical (unpaired) electrons. The fraction of sp³-hybridized carbons (Fsp3) is 0.444. The maximum atomic E-state index is 12.4. The van der Waals surface area contributed by atoms with Crippen LogP contribution in [0.25, 0.3) is 0 Å². The van der Waals surface area contributed by atoms with Crippen molar-refractivity contribution in [2.75, 3.05) is 19.7 Å². The van der Waals surface area contributed by atoms with Gasteiger partial charge in [-0.1, -0.05) is 30.3 Å². The molecule has 0 aliphatic carbocycles. The van der Waals surface area contributed by atoms with E-state index in [1.165, 1.54) is 5.56 Å². The van der Waals surface area contributed by atoms with Crippen LogP contribution in [0.5, 0.6) is 0 Å². The molecule has 0 spiro atoms. The van der Waals surface area contributed by atoms with Crippen molar-refractivity contribution in [3.05, 3.63) is 51.5 Å². The van der Waals surface area contributed by atoms with E-state index < -0.39 is 0 Å². The van der Waals surface area contributed by atoms with E-state index in [0.717, 1.165) is 22.0 Å². The third-order valence-electron chi connectivity index (χ3n) is 4.13. The van der Waals surface area contributed by atoms with E-state index in [4.69, 9.17) is 4.74 Å². The molecule has 1 atom stereocenters. The molecule has 1 fully saturated rings. The molecule has 1 saturated heterocycles. The van der Waals surface area contributed by atoms with Crippen molar-refractivity contribution in [2.45, 2.75) is 32.9 Å². The first-order valence-electron chi connectivity index (χ1n) is 8.23. The van der Waals surface area contributed by atoms with Crippen LogP contribution in [0.4, 0.5) is 4.79 Å². The molecule has 1 aliphatic rings. The highest BCUT2D eigenvalue weighted by Crippen LogP contribution is 2.17. The lowest BCUT2D eigenvalue weighted by Gasteiger charge is -2.33. The van der Waals surface area contributed by atoms with Gasteiger partial charge < -0.3 is 15.0 Å². The Morgan fingerprint density at radius 1 is 1.38 bits per heavy atom. The first-order chi connectivity index (χ1) is 11.6. The lowest BCUT2D eigenvalue weighted by molar-refractivity contribution is -0.0133. The number of aromatic nitrogens is 1. The van der Waals surface area contributed by atoms with Gasteiger partial charge >= 0.3 is 6.03 Å². The van der Waals surface area contributed by atoms with Crippen molar-refractivity contribution in [2.24, 2.45) is 0 Å². The molecule has 0 unspecified atom stereocenters. The average molecular weight is 345 g/mol. The van der Waals surface area contributed by atoms with Crippen LogP contribution in [-0.2, 0) is 17.7 Å². The van der Waals surface area contributed by atoms with Gasteiger partial charge in [-0.3, -0.25) is 0 Å². The van der Waals surface area contributed by atoms with Gasteiger partial charge in [0.05, 0.1) is 30.0 Å². The van der Waals surface area contributed by atoms with E-state index in [9.17, 15) is 4.79 Å². The van der Waals surface area contributed by atoms with E-state index >= 15 is 0 Å². The number of hydrogen-bond acceptors (Lipinski definition) is 4. The van der Waals surface area contributed by atoms with Crippen LogP contribution < -0.4 is 5.32 Å². The van der Waals surface area contributed by atoms with Crippen molar-refractivity contribution in [1.29, 1.82) is 0 Å². The highest BCUT2D eigenvalue weighted by Gasteiger charge is 2.24. The van der Waals surface area contributed by atoms with Crippen molar-refractivity contribution in [3.63, 3.8) is 0 Å². The Morgan fingerprint density at radius 3 is 2.88 bits per heavy atom. The van der Waals surface area contributed by atoms with Gasteiger partial charge in [0.2, 0.25) is 0 Å². The number of urea groups is 1. The third-order valence-corrected chi connectivity index (χ3v) is 5.20. The van der Waals surface area contributed by atoms with Crippen LogP contribution in [0.15, 0.2) is 30.3 Å². The number of amides is 2. The number of hydrogen-bond donors (Lipinski definition) is 1. The van der Waals surface area contributed by atoms with Gasteiger partial charge in [-0.15, -0.1) is 11.3 Å². The summed E-state index contributed by atoms with van der Waals surface area (Å²) in [6.45, 7) is 6.36. The molecule has 2 amide bonds. The molecule has 0 bridgehead atoms. The Hall–Kier alpha value is -1.92. The van der Waals surface area contributed by atoms with Gasteiger partial charge in [0.25, 0.3) is 0 Å². The smallest absolute Gasteiger partial charge is 0.317 e. The van der Waals surface area contributed by atoms with Crippen LogP contribution >= 0.6 is 11.3 Å². The van der Waals surface area contributed by atoms with Crippen molar-refractivity contribution in [1.82, 2.24) is 15.2 Å². The summed E-state index contributed by atoms with van der Waals surface area (Å²) in [7, 11) is 0. The third kappa shape index (κ3) is 4.33. The predicted octanol–water partition coefficient (Wildman–Crippen LogP) is 2.91. The molecule has 1 N–H and O–H groups in total. The Kier molecular flexibility index (Phi) is 5.48. The molecule has 128 valence electrons. The second-order valence-corrected chi connectivity index (χ2v) is 7.32. The van der Waals surface area contributed by atoms with E-state index in [2.05, 4.69) is 22.4 Å². The van der Waals surface area contributed by atoms with Crippen LogP contribution in [0.2, 0.25) is 0 Å². The van der Waals surface area contributed by atoms with E-state index in [0.29, 0.717) is 26.2 Å². The maximum absolute atomic E-state index is 12.4. The van der Waals surface area contributed by atoms with Crippen molar-refractivity contribution >= 4 is 17.4 Å². The number of nitrogens with zero attached hydrogens (tertiary/aromatic N) is 2. The number of carbonyl (C=O) groups is 1. The quantitative estimate of drug-likeness (QED) is 0.927. The average Bonchev–Trinajstić information content (AvgIpc) is 2.91. The Balaban J connectivity index is 1.52. The van der Waals surface area contributed by atoms with Crippen molar-refractivity contribution < 1.29 is 9.53 Å². The number of rotatable bonds is 4. The second-order valence-electron chi connectivity index (χ2n) is 6.03. The highest BCUT2D eigenvalue weighted by atomic mass is 32.1. The molecule has 5 nitrogen and oxygen atoms in total. The van der Waals surface area contributed by atoms with Crippen LogP contribution in [0.3, 0.4) is 0 Å². The van der Waals surface area contributed by atoms with E-state index in [1.54, 1.807) is 11.3 Å². The summed E-state index contributed by atoms with van der Waals surface area (Å²) in [6.07, 6.45) is 0.886. The number of benzene rings is 1. The standard InChI is InChI=1S/C18H23N3O2S/c1-13-17(24-14(2)20-13)11-19-18(22)21-8-9-23-16(12-21)10-15-6-4-3-5-7-15/h3-7,16H,8-12H2,1-2H3,(H,19,22)/t16-/m0/s1. The minimum atomic E-state index is -0.0261. The lowest BCUT2D eigenvalue weighted by Crippen LogP contribution is -2.50. The molecule has 1 aliphatic heterocycles. The Bertz CT molecular complexity index is 687. The first-order valence-corrected chi connectivity index (χ1v) is 9.04. The molecular weight excluding hydrogens is 322 g/mol. The van der Waals surface area contributed by atoms with Crippen LogP contribution in [0.1, 0.15) is 21.1 Å². The normalized spacial score (nSPS) is 17.8. The molecule has 1 aromatic heterocycles. The van der Waals surface area contributed by atoms with Crippen LogP contribution in [0, 0.1) is 13.8 Å². The summed E-state index contributed by atoms with van der Waals surface area (Å²) in [6, 6.07) is 10.2. The number of aryl methyl sites for hydroxylation is 2. The van der Waals surface area contributed by atoms with Gasteiger partial charge in [0.15, 0.2) is 0 Å². The molecule has 24 heavy (non-hydrogen) atoms. The van der Waals surface area contributed by atoms with E-state index in [-0.39, 0.29) is 12.1 Å². The minimum absolute atomic E-state index is 0.0261. The lowest BCUT2D eigenvalue weighted by atomic mass is 10.1. The Morgan fingerprint density at radius 2 is 2.17 bits per heavy atom. The maximum Gasteiger partial charge on any atom is 0.317 e. The first kappa shape index (κ1) is 16.9. The monoisotopic (exact) mass is 345 g/mol. The summed E-state index contributed by atoms with van der Waals surface area (Å²) in [5.41, 5.74) is 2.24. The zero-order chi connectivity index (χ0) is 16.9. The van der Waals surface area contributed by atoms with Crippen LogP contribution in [-0.4, -0.2) is 41.7 Å². The van der Waals surface area contributed by atoms with E-state index in [1.807, 2.05) is 36.9 Å². The number of thiazole rings is 1. The number of carbonyl (C=O) groups excluding carboxylic acids is 1. The zero-order valence-corrected chi connectivity index (χ0v) is 14.9. The molecule has 2 heterocycles. The molecule has 3 rings (SSSR count). The molecule has 0 saturated carbocycles. The van der Waals surface area contributed by atoms with Gasteiger partial charge in [-0.25, -0.2) is 9.78 Å². The molecule has 1 aromatic carbocycles.